The predicted molar refractivity (Wildman–Crippen MR) is 65.1 cm³/mol. The van der Waals surface area contributed by atoms with Gasteiger partial charge in [0.1, 0.15) is 11.2 Å². The molecule has 2 rings (SSSR count). The highest BCUT2D eigenvalue weighted by molar-refractivity contribution is 5.78. The first-order valence-electron chi connectivity index (χ1n) is 6.30. The third-order valence-corrected chi connectivity index (χ3v) is 3.77. The molecule has 0 bridgehead atoms. The van der Waals surface area contributed by atoms with Gasteiger partial charge < -0.3 is 10.1 Å². The molecule has 1 aromatic rings. The summed E-state index contributed by atoms with van der Waals surface area (Å²) in [4.78, 5) is 18.6. The Labute approximate surface area is 101 Å². The Hall–Kier alpha value is -1.32. The Balaban J connectivity index is 2.17. The van der Waals surface area contributed by atoms with Crippen LogP contribution in [0.4, 0.5) is 0 Å². The fourth-order valence-corrected chi connectivity index (χ4v) is 2.38. The van der Waals surface area contributed by atoms with Gasteiger partial charge in [0.2, 0.25) is 0 Å². The Morgan fingerprint density at radius 3 is 2.65 bits per heavy atom. The molecule has 0 aromatic carbocycles. The van der Waals surface area contributed by atoms with Gasteiger partial charge in [0, 0.05) is 17.8 Å². The molecule has 0 atom stereocenters. The van der Waals surface area contributed by atoms with E-state index in [1.54, 1.807) is 13.8 Å². The summed E-state index contributed by atoms with van der Waals surface area (Å²) in [6.07, 6.45) is 8.04. The monoisotopic (exact) mass is 236 g/mol. The summed E-state index contributed by atoms with van der Waals surface area (Å²) in [5, 5.41) is 9.15. The van der Waals surface area contributed by atoms with Gasteiger partial charge in [-0.3, -0.25) is 4.79 Å². The first-order chi connectivity index (χ1) is 8.01. The van der Waals surface area contributed by atoms with Gasteiger partial charge in [-0.25, -0.2) is 4.98 Å². The maximum Gasteiger partial charge on any atom is 0.316 e. The van der Waals surface area contributed by atoms with E-state index >= 15 is 0 Å². The summed E-state index contributed by atoms with van der Waals surface area (Å²) in [6.45, 7) is 3.36. The molecule has 1 fully saturated rings. The Kier molecular flexibility index (Phi) is 3.22. The molecular formula is C13H20N2O2. The van der Waals surface area contributed by atoms with Gasteiger partial charge in [0.25, 0.3) is 0 Å². The van der Waals surface area contributed by atoms with Gasteiger partial charge in [-0.2, -0.15) is 0 Å². The molecule has 17 heavy (non-hydrogen) atoms. The number of rotatable bonds is 3. The molecule has 1 aromatic heterocycles. The van der Waals surface area contributed by atoms with Crippen molar-refractivity contribution < 1.29 is 9.90 Å². The molecule has 94 valence electrons. The number of aromatic amines is 1. The van der Waals surface area contributed by atoms with E-state index in [1.165, 1.54) is 32.1 Å². The van der Waals surface area contributed by atoms with Crippen LogP contribution in [0.2, 0.25) is 0 Å². The molecule has 4 nitrogen and oxygen atoms in total. The zero-order valence-corrected chi connectivity index (χ0v) is 10.5. The largest absolute Gasteiger partial charge is 0.481 e. The van der Waals surface area contributed by atoms with Crippen LogP contribution < -0.4 is 0 Å². The van der Waals surface area contributed by atoms with Crippen LogP contribution in [-0.2, 0) is 10.2 Å². The number of carboxylic acid groups (broad SMARTS) is 1. The number of imidazole rings is 1. The van der Waals surface area contributed by atoms with Crippen molar-refractivity contribution in [3.8, 4) is 0 Å². The lowest BCUT2D eigenvalue weighted by Crippen LogP contribution is -2.29. The average Bonchev–Trinajstić information content (AvgIpc) is 2.80. The second-order valence-electron chi connectivity index (χ2n) is 5.45. The van der Waals surface area contributed by atoms with Crippen molar-refractivity contribution >= 4 is 5.97 Å². The van der Waals surface area contributed by atoms with Crippen molar-refractivity contribution in [1.82, 2.24) is 9.97 Å². The number of hydrogen-bond donors (Lipinski definition) is 2. The fourth-order valence-electron chi connectivity index (χ4n) is 2.38. The van der Waals surface area contributed by atoms with Gasteiger partial charge in [0.15, 0.2) is 0 Å². The highest BCUT2D eigenvalue weighted by Crippen LogP contribution is 2.32. The molecule has 1 saturated carbocycles. The predicted octanol–water partition coefficient (Wildman–Crippen LogP) is 2.82. The lowest BCUT2D eigenvalue weighted by molar-refractivity contribution is -0.142. The van der Waals surface area contributed by atoms with E-state index in [-0.39, 0.29) is 0 Å². The number of carboxylic acids is 1. The zero-order valence-electron chi connectivity index (χ0n) is 10.5. The second-order valence-corrected chi connectivity index (χ2v) is 5.45. The van der Waals surface area contributed by atoms with Crippen molar-refractivity contribution in [1.29, 1.82) is 0 Å². The summed E-state index contributed by atoms with van der Waals surface area (Å²) in [7, 11) is 0. The van der Waals surface area contributed by atoms with Crippen LogP contribution in [0.15, 0.2) is 6.20 Å². The number of H-pyrrole nitrogens is 1. The van der Waals surface area contributed by atoms with Gasteiger partial charge in [-0.15, -0.1) is 0 Å². The van der Waals surface area contributed by atoms with Crippen molar-refractivity contribution in [2.75, 3.05) is 0 Å². The van der Waals surface area contributed by atoms with Crippen molar-refractivity contribution in [3.05, 3.63) is 17.7 Å². The number of aliphatic carboxylic acids is 1. The van der Waals surface area contributed by atoms with Gasteiger partial charge in [-0.05, 0) is 26.7 Å². The third kappa shape index (κ3) is 2.35. The van der Waals surface area contributed by atoms with Gasteiger partial charge in [0.05, 0.1) is 0 Å². The van der Waals surface area contributed by atoms with E-state index in [2.05, 4.69) is 9.97 Å². The summed E-state index contributed by atoms with van der Waals surface area (Å²) in [5.41, 5.74) is 0.168. The molecule has 2 N–H and O–H groups in total. The van der Waals surface area contributed by atoms with Crippen LogP contribution in [-0.4, -0.2) is 21.0 Å². The molecule has 0 spiro atoms. The van der Waals surface area contributed by atoms with E-state index < -0.39 is 11.4 Å². The van der Waals surface area contributed by atoms with E-state index in [0.717, 1.165) is 5.69 Å². The second kappa shape index (κ2) is 4.51. The van der Waals surface area contributed by atoms with Gasteiger partial charge in [-0.1, -0.05) is 19.3 Å². The smallest absolute Gasteiger partial charge is 0.316 e. The molecule has 1 aliphatic carbocycles. The van der Waals surface area contributed by atoms with Gasteiger partial charge >= 0.3 is 5.97 Å². The normalized spacial score (nSPS) is 18.2. The lowest BCUT2D eigenvalue weighted by Gasteiger charge is -2.20. The highest BCUT2D eigenvalue weighted by atomic mass is 16.4. The number of nitrogens with one attached hydrogen (secondary N) is 1. The van der Waals surface area contributed by atoms with Crippen molar-refractivity contribution in [2.45, 2.75) is 57.3 Å². The molecule has 0 unspecified atom stereocenters. The summed E-state index contributed by atoms with van der Waals surface area (Å²) >= 11 is 0. The first kappa shape index (κ1) is 12.1. The number of nitrogens with zero attached hydrogens (tertiary/aromatic N) is 1. The van der Waals surface area contributed by atoms with Crippen LogP contribution in [0.5, 0.6) is 0 Å². The molecule has 1 aliphatic rings. The molecule has 4 heteroatoms. The minimum atomic E-state index is -0.938. The zero-order chi connectivity index (χ0) is 12.5. The van der Waals surface area contributed by atoms with E-state index in [1.807, 2.05) is 6.20 Å². The van der Waals surface area contributed by atoms with Crippen LogP contribution >= 0.6 is 0 Å². The molecule has 0 aliphatic heterocycles. The lowest BCUT2D eigenvalue weighted by atomic mass is 9.87. The Morgan fingerprint density at radius 2 is 2.06 bits per heavy atom. The van der Waals surface area contributed by atoms with E-state index in [4.69, 9.17) is 5.11 Å². The van der Waals surface area contributed by atoms with Crippen LogP contribution in [0.1, 0.15) is 63.4 Å². The standard InChI is InChI=1S/C13H20N2O2/c1-13(2,12(16)17)11-14-8-10(15-11)9-6-4-3-5-7-9/h8-9H,3-7H2,1-2H3,(H,14,15)(H,16,17). The molecular weight excluding hydrogens is 216 g/mol. The highest BCUT2D eigenvalue weighted by Gasteiger charge is 2.33. The molecule has 1 heterocycles. The average molecular weight is 236 g/mol. The number of carbonyl (C=O) groups is 1. The van der Waals surface area contributed by atoms with Crippen LogP contribution in [0, 0.1) is 0 Å². The quantitative estimate of drug-likeness (QED) is 0.848. The minimum absolute atomic E-state index is 0.537. The maximum atomic E-state index is 11.1. The van der Waals surface area contributed by atoms with E-state index in [9.17, 15) is 4.79 Å². The molecule has 0 amide bonds. The summed E-state index contributed by atoms with van der Waals surface area (Å²) in [6, 6.07) is 0. The summed E-state index contributed by atoms with van der Waals surface area (Å²) < 4.78 is 0. The minimum Gasteiger partial charge on any atom is -0.481 e. The van der Waals surface area contributed by atoms with Crippen molar-refractivity contribution in [3.63, 3.8) is 0 Å². The molecule has 0 radical (unpaired) electrons. The number of hydrogen-bond acceptors (Lipinski definition) is 2. The maximum absolute atomic E-state index is 11.1. The van der Waals surface area contributed by atoms with Crippen LogP contribution in [0.25, 0.3) is 0 Å². The Bertz CT molecular complexity index is 403. The van der Waals surface area contributed by atoms with E-state index in [0.29, 0.717) is 11.7 Å². The third-order valence-electron chi connectivity index (χ3n) is 3.77. The Morgan fingerprint density at radius 1 is 1.41 bits per heavy atom. The molecule has 0 saturated heterocycles. The summed E-state index contributed by atoms with van der Waals surface area (Å²) in [5.74, 6) is 0.252. The topological polar surface area (TPSA) is 66.0 Å². The number of aromatic nitrogens is 2. The first-order valence-corrected chi connectivity index (χ1v) is 6.30. The van der Waals surface area contributed by atoms with Crippen LogP contribution in [0.3, 0.4) is 0 Å². The SMILES string of the molecule is CC(C)(C(=O)O)c1ncc(C2CCCCC2)[nH]1. The fraction of sp³-hybridized carbons (Fsp3) is 0.692. The van der Waals surface area contributed by atoms with Crippen molar-refractivity contribution in [2.24, 2.45) is 0 Å².